The van der Waals surface area contributed by atoms with Crippen LogP contribution < -0.4 is 4.74 Å². The molecule has 0 amide bonds. The first-order chi connectivity index (χ1) is 11.6. The van der Waals surface area contributed by atoms with Crippen molar-refractivity contribution < 1.29 is 23.0 Å². The molecule has 2 aliphatic rings. The van der Waals surface area contributed by atoms with Crippen LogP contribution in [0.2, 0.25) is 0 Å². The third-order valence-electron chi connectivity index (χ3n) is 4.66. The number of halogens is 2. The molecule has 3 unspecified atom stereocenters. The summed E-state index contributed by atoms with van der Waals surface area (Å²) >= 11 is 0. The molecule has 4 rings (SSSR count). The standard InChI is InChI=1S/C19H16F2O3/c20-15-7-3-12(9-16(15)21)11-1-5-14(6-2-11)23-19(22)13-4-8-17-18(10-13)24-17/h1-3,5-7,9,13,17-18H,4,8,10H2. The third-order valence-corrected chi connectivity index (χ3v) is 4.66. The largest absolute Gasteiger partial charge is 0.426 e. The number of carbonyl (C=O) groups is 1. The highest BCUT2D eigenvalue weighted by Gasteiger charge is 2.46. The highest BCUT2D eigenvalue weighted by molar-refractivity contribution is 5.76. The number of hydrogen-bond acceptors (Lipinski definition) is 3. The molecular formula is C19H16F2O3. The van der Waals surface area contributed by atoms with Crippen molar-refractivity contribution in [3.63, 3.8) is 0 Å². The van der Waals surface area contributed by atoms with Crippen LogP contribution in [0.1, 0.15) is 19.3 Å². The minimum atomic E-state index is -0.888. The van der Waals surface area contributed by atoms with Crippen molar-refractivity contribution in [2.45, 2.75) is 31.5 Å². The number of esters is 1. The second-order valence-corrected chi connectivity index (χ2v) is 6.30. The third kappa shape index (κ3) is 3.04. The van der Waals surface area contributed by atoms with Crippen LogP contribution in [0, 0.1) is 17.6 Å². The summed E-state index contributed by atoms with van der Waals surface area (Å²) in [5, 5.41) is 0. The molecule has 0 N–H and O–H groups in total. The summed E-state index contributed by atoms with van der Waals surface area (Å²) in [6.45, 7) is 0. The number of carbonyl (C=O) groups excluding carboxylic acids is 1. The molecule has 3 atom stereocenters. The molecule has 0 spiro atoms. The SMILES string of the molecule is O=C(Oc1ccc(-c2ccc(F)c(F)c2)cc1)C1CCC2OC2C1. The lowest BCUT2D eigenvalue weighted by atomic mass is 9.89. The van der Waals surface area contributed by atoms with Gasteiger partial charge in [0.2, 0.25) is 0 Å². The van der Waals surface area contributed by atoms with E-state index in [-0.39, 0.29) is 18.0 Å². The van der Waals surface area contributed by atoms with Gasteiger partial charge in [-0.15, -0.1) is 0 Å². The average Bonchev–Trinajstić information content (AvgIpc) is 3.36. The summed E-state index contributed by atoms with van der Waals surface area (Å²) in [7, 11) is 0. The Morgan fingerprint density at radius 1 is 0.958 bits per heavy atom. The molecule has 3 nitrogen and oxygen atoms in total. The molecule has 24 heavy (non-hydrogen) atoms. The Morgan fingerprint density at radius 2 is 1.71 bits per heavy atom. The van der Waals surface area contributed by atoms with Gasteiger partial charge in [0, 0.05) is 0 Å². The first-order valence-corrected chi connectivity index (χ1v) is 8.03. The van der Waals surface area contributed by atoms with Gasteiger partial charge in [-0.3, -0.25) is 4.79 Å². The number of epoxide rings is 1. The van der Waals surface area contributed by atoms with Gasteiger partial charge in [-0.1, -0.05) is 18.2 Å². The van der Waals surface area contributed by atoms with E-state index in [2.05, 4.69) is 0 Å². The summed E-state index contributed by atoms with van der Waals surface area (Å²) in [5.74, 6) is -1.66. The molecule has 0 radical (unpaired) electrons. The Kier molecular flexibility index (Phi) is 3.81. The molecule has 2 fully saturated rings. The maximum absolute atomic E-state index is 13.3. The van der Waals surface area contributed by atoms with E-state index >= 15 is 0 Å². The van der Waals surface area contributed by atoms with Gasteiger partial charge in [-0.05, 0) is 54.7 Å². The van der Waals surface area contributed by atoms with Gasteiger partial charge < -0.3 is 9.47 Å². The van der Waals surface area contributed by atoms with Crippen molar-refractivity contribution in [3.8, 4) is 16.9 Å². The molecule has 124 valence electrons. The first kappa shape index (κ1) is 15.3. The van der Waals surface area contributed by atoms with Crippen LogP contribution in [0.4, 0.5) is 8.78 Å². The van der Waals surface area contributed by atoms with Gasteiger partial charge in [0.25, 0.3) is 0 Å². The van der Waals surface area contributed by atoms with Crippen LogP contribution in [-0.2, 0) is 9.53 Å². The van der Waals surface area contributed by atoms with Gasteiger partial charge in [-0.2, -0.15) is 0 Å². The van der Waals surface area contributed by atoms with Crippen LogP contribution in [0.3, 0.4) is 0 Å². The quantitative estimate of drug-likeness (QED) is 0.483. The van der Waals surface area contributed by atoms with E-state index in [0.29, 0.717) is 17.4 Å². The van der Waals surface area contributed by atoms with Crippen LogP contribution >= 0.6 is 0 Å². The summed E-state index contributed by atoms with van der Waals surface area (Å²) < 4.78 is 37.1. The van der Waals surface area contributed by atoms with Crippen LogP contribution in [-0.4, -0.2) is 18.2 Å². The van der Waals surface area contributed by atoms with E-state index in [9.17, 15) is 13.6 Å². The average molecular weight is 330 g/mol. The van der Waals surface area contributed by atoms with E-state index in [1.54, 1.807) is 24.3 Å². The summed E-state index contributed by atoms with van der Waals surface area (Å²) in [4.78, 5) is 12.2. The van der Waals surface area contributed by atoms with Crippen molar-refractivity contribution in [1.82, 2.24) is 0 Å². The fraction of sp³-hybridized carbons (Fsp3) is 0.316. The van der Waals surface area contributed by atoms with Crippen molar-refractivity contribution in [3.05, 3.63) is 54.1 Å². The molecule has 1 saturated heterocycles. The molecule has 5 heteroatoms. The van der Waals surface area contributed by atoms with Crippen LogP contribution in [0.15, 0.2) is 42.5 Å². The first-order valence-electron chi connectivity index (χ1n) is 8.03. The minimum absolute atomic E-state index is 0.111. The lowest BCUT2D eigenvalue weighted by Crippen LogP contribution is -2.25. The predicted octanol–water partition coefficient (Wildman–Crippen LogP) is 4.10. The molecule has 1 aliphatic heterocycles. The van der Waals surface area contributed by atoms with Gasteiger partial charge in [-0.25, -0.2) is 8.78 Å². The van der Waals surface area contributed by atoms with E-state index in [1.807, 2.05) is 0 Å². The molecule has 2 aromatic carbocycles. The minimum Gasteiger partial charge on any atom is -0.426 e. The summed E-state index contributed by atoms with van der Waals surface area (Å²) in [6.07, 6.45) is 3.03. The fourth-order valence-corrected chi connectivity index (χ4v) is 3.21. The van der Waals surface area contributed by atoms with Gasteiger partial charge >= 0.3 is 5.97 Å². The number of benzene rings is 2. The zero-order valence-electron chi connectivity index (χ0n) is 12.9. The van der Waals surface area contributed by atoms with Crippen molar-refractivity contribution in [2.75, 3.05) is 0 Å². The maximum Gasteiger partial charge on any atom is 0.314 e. The predicted molar refractivity (Wildman–Crippen MR) is 83.4 cm³/mol. The Hall–Kier alpha value is -2.27. The molecule has 0 aromatic heterocycles. The second-order valence-electron chi connectivity index (χ2n) is 6.30. The highest BCUT2D eigenvalue weighted by Crippen LogP contribution is 2.40. The normalized spacial score (nSPS) is 25.0. The van der Waals surface area contributed by atoms with E-state index in [1.165, 1.54) is 6.07 Å². The highest BCUT2D eigenvalue weighted by atomic mass is 19.2. The Morgan fingerprint density at radius 3 is 2.42 bits per heavy atom. The van der Waals surface area contributed by atoms with Crippen molar-refractivity contribution in [2.24, 2.45) is 5.92 Å². The maximum atomic E-state index is 13.3. The summed E-state index contributed by atoms with van der Waals surface area (Å²) in [5.41, 5.74) is 1.29. The second kappa shape index (κ2) is 5.98. The van der Waals surface area contributed by atoms with Gasteiger partial charge in [0.1, 0.15) is 5.75 Å². The topological polar surface area (TPSA) is 38.8 Å². The molecule has 1 aliphatic carbocycles. The van der Waals surface area contributed by atoms with Crippen LogP contribution in [0.5, 0.6) is 5.75 Å². The van der Waals surface area contributed by atoms with Crippen molar-refractivity contribution >= 4 is 5.97 Å². The molecule has 0 bridgehead atoms. The van der Waals surface area contributed by atoms with Gasteiger partial charge in [0.15, 0.2) is 11.6 Å². The molecule has 1 saturated carbocycles. The van der Waals surface area contributed by atoms with E-state index < -0.39 is 11.6 Å². The summed E-state index contributed by atoms with van der Waals surface area (Å²) in [6, 6.07) is 10.5. The van der Waals surface area contributed by atoms with Crippen LogP contribution in [0.25, 0.3) is 11.1 Å². The number of hydrogen-bond donors (Lipinski definition) is 0. The molecule has 1 heterocycles. The monoisotopic (exact) mass is 330 g/mol. The number of fused-ring (bicyclic) bond motifs is 1. The van der Waals surface area contributed by atoms with E-state index in [0.717, 1.165) is 37.0 Å². The number of rotatable bonds is 3. The zero-order chi connectivity index (χ0) is 16.7. The Balaban J connectivity index is 1.43. The van der Waals surface area contributed by atoms with Gasteiger partial charge in [0.05, 0.1) is 18.1 Å². The fourth-order valence-electron chi connectivity index (χ4n) is 3.21. The van der Waals surface area contributed by atoms with Crippen molar-refractivity contribution in [1.29, 1.82) is 0 Å². The molecule has 2 aromatic rings. The lowest BCUT2D eigenvalue weighted by molar-refractivity contribution is -0.139. The Bertz CT molecular complexity index is 773. The van der Waals surface area contributed by atoms with E-state index in [4.69, 9.17) is 9.47 Å². The lowest BCUT2D eigenvalue weighted by Gasteiger charge is -2.17. The smallest absolute Gasteiger partial charge is 0.314 e. The zero-order valence-corrected chi connectivity index (χ0v) is 12.9. The molecular weight excluding hydrogens is 314 g/mol. The number of ether oxygens (including phenoxy) is 2. The Labute approximate surface area is 138 Å².